The Morgan fingerprint density at radius 2 is 2.25 bits per heavy atom. The Kier molecular flexibility index (Phi) is 10.2. The molecular weight excluding hydrogens is 239 g/mol. The van der Waals surface area contributed by atoms with E-state index in [1.54, 1.807) is 0 Å². The smallest absolute Gasteiger partial charge is 0.275 e. The van der Waals surface area contributed by atoms with E-state index in [0.29, 0.717) is 5.17 Å². The predicted octanol–water partition coefficient (Wildman–Crippen LogP) is -2.26. The third kappa shape index (κ3) is 4.47. The Bertz CT molecular complexity index is 68.4. The normalized spacial score (nSPS) is 10.0. The number of halogens is 1. The second kappa shape index (κ2) is 7.31. The number of hydrogen-bond acceptors (Lipinski definition) is 3. The summed E-state index contributed by atoms with van der Waals surface area (Å²) >= 11 is 1.41. The van der Waals surface area contributed by atoms with Crippen LogP contribution in [0, 0.1) is 0 Å². The Morgan fingerprint density at radius 1 is 1.75 bits per heavy atom. The SMILES string of the molecule is CSC(NN)=[NH+]N.I. The fourth-order valence-electron chi connectivity index (χ4n) is 0.160. The van der Waals surface area contributed by atoms with E-state index >= 15 is 0 Å². The minimum Gasteiger partial charge on any atom is -0.275 e. The first-order valence-electron chi connectivity index (χ1n) is 1.69. The van der Waals surface area contributed by atoms with Gasteiger partial charge in [0.15, 0.2) is 0 Å². The van der Waals surface area contributed by atoms with E-state index < -0.39 is 0 Å². The van der Waals surface area contributed by atoms with Crippen LogP contribution in [0.3, 0.4) is 0 Å². The minimum atomic E-state index is 0. The number of hydrazone groups is 1. The molecule has 4 nitrogen and oxygen atoms in total. The molecule has 0 amide bonds. The van der Waals surface area contributed by atoms with Crippen LogP contribution >= 0.6 is 35.7 Å². The lowest BCUT2D eigenvalue weighted by Gasteiger charge is -1.85. The molecule has 0 atom stereocenters. The summed E-state index contributed by atoms with van der Waals surface area (Å²) < 4.78 is 0. The second-order valence-electron chi connectivity index (χ2n) is 0.822. The molecule has 8 heavy (non-hydrogen) atoms. The zero-order valence-corrected chi connectivity index (χ0v) is 7.62. The molecule has 0 radical (unpaired) electrons. The summed E-state index contributed by atoms with van der Waals surface area (Å²) in [6.45, 7) is 0. The van der Waals surface area contributed by atoms with Crippen LogP contribution in [0.2, 0.25) is 0 Å². The lowest BCUT2D eigenvalue weighted by Crippen LogP contribution is -2.82. The zero-order chi connectivity index (χ0) is 5.70. The Balaban J connectivity index is 0. The third-order valence-corrected chi connectivity index (χ3v) is 1.11. The summed E-state index contributed by atoms with van der Waals surface area (Å²) in [4.78, 5) is 0. The standard InChI is InChI=1S/C2H8N4S.HI/c1-7-2(5-3)6-4;/h3-4H2,1H3,(H,5,6);1H/p+1. The van der Waals surface area contributed by atoms with E-state index in [1.807, 2.05) is 6.26 Å². The van der Waals surface area contributed by atoms with Crippen LogP contribution < -0.4 is 22.2 Å². The maximum Gasteiger partial charge on any atom is 0.344 e. The fourth-order valence-corrected chi connectivity index (χ4v) is 0.395. The largest absolute Gasteiger partial charge is 0.344 e. The maximum absolute atomic E-state index is 4.94. The van der Waals surface area contributed by atoms with E-state index in [2.05, 4.69) is 10.5 Å². The highest BCUT2D eigenvalue weighted by Crippen LogP contribution is 1.82. The maximum atomic E-state index is 4.94. The molecule has 50 valence electrons. The van der Waals surface area contributed by atoms with Crippen LogP contribution in [-0.4, -0.2) is 11.4 Å². The van der Waals surface area contributed by atoms with Crippen molar-refractivity contribution >= 4 is 40.9 Å². The topological polar surface area (TPSA) is 78.0 Å². The first-order valence-corrected chi connectivity index (χ1v) is 2.91. The van der Waals surface area contributed by atoms with Gasteiger partial charge in [0.05, 0.1) is 0 Å². The molecule has 6 heteroatoms. The summed E-state index contributed by atoms with van der Waals surface area (Å²) in [6.07, 6.45) is 1.86. The van der Waals surface area contributed by atoms with Crippen molar-refractivity contribution < 1.29 is 5.10 Å². The summed E-state index contributed by atoms with van der Waals surface area (Å²) in [5, 5.41) is 3.00. The van der Waals surface area contributed by atoms with Gasteiger partial charge >= 0.3 is 5.17 Å². The van der Waals surface area contributed by atoms with Gasteiger partial charge < -0.3 is 0 Å². The van der Waals surface area contributed by atoms with Crippen LogP contribution in [-0.2, 0) is 0 Å². The molecule has 0 fully saturated rings. The average Bonchev–Trinajstić information content (AvgIpc) is 1.72. The van der Waals surface area contributed by atoms with Crippen molar-refractivity contribution in [3.63, 3.8) is 0 Å². The van der Waals surface area contributed by atoms with E-state index in [0.717, 1.165) is 0 Å². The van der Waals surface area contributed by atoms with Gasteiger partial charge in [-0.1, -0.05) is 0 Å². The monoisotopic (exact) mass is 249 g/mol. The summed E-state index contributed by atoms with van der Waals surface area (Å²) in [5.41, 5.74) is 2.34. The zero-order valence-electron chi connectivity index (χ0n) is 4.47. The highest BCUT2D eigenvalue weighted by molar-refractivity contribution is 14.0. The second-order valence-corrected chi connectivity index (χ2v) is 1.64. The van der Waals surface area contributed by atoms with Crippen molar-refractivity contribution in [1.29, 1.82) is 0 Å². The number of nitrogens with one attached hydrogen (secondary N) is 2. The lowest BCUT2D eigenvalue weighted by molar-refractivity contribution is -0.468. The number of nitrogens with two attached hydrogens (primary N) is 2. The molecule has 0 saturated heterocycles. The van der Waals surface area contributed by atoms with E-state index in [4.69, 9.17) is 11.7 Å². The summed E-state index contributed by atoms with van der Waals surface area (Å²) in [7, 11) is 0. The molecule has 0 aliphatic carbocycles. The van der Waals surface area contributed by atoms with Gasteiger partial charge in [-0.25, -0.2) is 0 Å². The molecule has 0 aromatic carbocycles. The highest BCUT2D eigenvalue weighted by Gasteiger charge is 1.94. The van der Waals surface area contributed by atoms with Crippen molar-refractivity contribution in [1.82, 2.24) is 5.43 Å². The predicted molar refractivity (Wildman–Crippen MR) is 46.4 cm³/mol. The van der Waals surface area contributed by atoms with E-state index in [1.165, 1.54) is 11.8 Å². The summed E-state index contributed by atoms with van der Waals surface area (Å²) in [5.74, 6) is 9.89. The molecule has 0 saturated carbocycles. The van der Waals surface area contributed by atoms with Crippen LogP contribution in [0.1, 0.15) is 0 Å². The number of thioether (sulfide) groups is 1. The van der Waals surface area contributed by atoms with Gasteiger partial charge in [0.1, 0.15) is 0 Å². The lowest BCUT2D eigenvalue weighted by atomic mass is 11.3. The molecule has 0 unspecified atom stereocenters. The van der Waals surface area contributed by atoms with Crippen LogP contribution in [0.25, 0.3) is 0 Å². The number of rotatable bonds is 0. The molecule has 6 N–H and O–H groups in total. The molecule has 0 aromatic heterocycles. The number of amidine groups is 1. The van der Waals surface area contributed by atoms with Crippen LogP contribution in [0.4, 0.5) is 0 Å². The fraction of sp³-hybridized carbons (Fsp3) is 0.500. The number of hydrogen-bond donors (Lipinski definition) is 4. The van der Waals surface area contributed by atoms with Crippen molar-refractivity contribution in [2.45, 2.75) is 0 Å². The van der Waals surface area contributed by atoms with Gasteiger partial charge in [0.2, 0.25) is 0 Å². The van der Waals surface area contributed by atoms with E-state index in [9.17, 15) is 0 Å². The molecule has 0 aromatic rings. The van der Waals surface area contributed by atoms with Gasteiger partial charge in [-0.3, -0.25) is 5.84 Å². The van der Waals surface area contributed by atoms with Gasteiger partial charge in [0.25, 0.3) is 0 Å². The van der Waals surface area contributed by atoms with Crippen molar-refractivity contribution in [2.75, 3.05) is 6.26 Å². The Morgan fingerprint density at radius 3 is 2.25 bits per heavy atom. The van der Waals surface area contributed by atoms with Crippen molar-refractivity contribution in [3.05, 3.63) is 0 Å². The molecule has 0 aliphatic heterocycles. The molecule has 0 bridgehead atoms. The van der Waals surface area contributed by atoms with Crippen LogP contribution in [0.5, 0.6) is 0 Å². The highest BCUT2D eigenvalue weighted by atomic mass is 127. The number of hydrazine groups is 2. The average molecular weight is 249 g/mol. The van der Waals surface area contributed by atoms with Gasteiger partial charge in [0, 0.05) is 0 Å². The Labute approximate surface area is 69.4 Å². The third-order valence-electron chi connectivity index (χ3n) is 0.466. The van der Waals surface area contributed by atoms with Gasteiger partial charge in [-0.2, -0.15) is 16.4 Å². The van der Waals surface area contributed by atoms with Gasteiger partial charge in [-0.05, 0) is 18.0 Å². The molecule has 0 heterocycles. The van der Waals surface area contributed by atoms with Crippen LogP contribution in [0.15, 0.2) is 0 Å². The molecule has 0 aliphatic rings. The summed E-state index contributed by atoms with van der Waals surface area (Å²) in [6, 6.07) is 0. The quantitative estimate of drug-likeness (QED) is 0.128. The Hall–Kier alpha value is 0.310. The molecule has 0 spiro atoms. The molecular formula is C2H10IN4S+. The molecule has 0 rings (SSSR count). The first-order chi connectivity index (χ1) is 3.35. The van der Waals surface area contributed by atoms with Gasteiger partial charge in [-0.15, -0.1) is 24.0 Å². The minimum absolute atomic E-state index is 0. The van der Waals surface area contributed by atoms with E-state index in [-0.39, 0.29) is 24.0 Å². The van der Waals surface area contributed by atoms with Crippen molar-refractivity contribution in [2.24, 2.45) is 11.7 Å². The first kappa shape index (κ1) is 11.2. The van der Waals surface area contributed by atoms with Crippen molar-refractivity contribution in [3.8, 4) is 0 Å².